The lowest BCUT2D eigenvalue weighted by molar-refractivity contribution is -0.118. The number of amides is 1. The third-order valence-electron chi connectivity index (χ3n) is 1.35. The van der Waals surface area contributed by atoms with Crippen LogP contribution < -0.4 is 5.32 Å². The van der Waals surface area contributed by atoms with E-state index in [1.165, 1.54) is 12.1 Å². The standard InChI is InChI=1S/C8H7ClFNO2/c9-6-3-5(10)1-2-7(6)11-8(13)4-12/h1-3,12H,4H2,(H,11,13). The van der Waals surface area contributed by atoms with Gasteiger partial charge in [0.2, 0.25) is 5.91 Å². The van der Waals surface area contributed by atoms with Crippen molar-refractivity contribution in [2.24, 2.45) is 0 Å². The lowest BCUT2D eigenvalue weighted by Crippen LogP contribution is -2.15. The van der Waals surface area contributed by atoms with E-state index < -0.39 is 18.3 Å². The van der Waals surface area contributed by atoms with E-state index in [1.54, 1.807) is 0 Å². The van der Waals surface area contributed by atoms with Crippen molar-refractivity contribution in [1.29, 1.82) is 0 Å². The lowest BCUT2D eigenvalue weighted by atomic mass is 10.3. The third kappa shape index (κ3) is 2.68. The number of rotatable bonds is 2. The summed E-state index contributed by atoms with van der Waals surface area (Å²) >= 11 is 5.59. The molecule has 0 atom stereocenters. The van der Waals surface area contributed by atoms with Gasteiger partial charge in [-0.15, -0.1) is 0 Å². The fourth-order valence-corrected chi connectivity index (χ4v) is 0.995. The molecule has 2 N–H and O–H groups in total. The topological polar surface area (TPSA) is 49.3 Å². The van der Waals surface area contributed by atoms with Gasteiger partial charge in [-0.25, -0.2) is 4.39 Å². The van der Waals surface area contributed by atoms with E-state index >= 15 is 0 Å². The highest BCUT2D eigenvalue weighted by molar-refractivity contribution is 6.33. The zero-order valence-corrected chi connectivity index (χ0v) is 7.31. The molecule has 1 aromatic rings. The molecule has 0 unspecified atom stereocenters. The van der Waals surface area contributed by atoms with Gasteiger partial charge in [-0.1, -0.05) is 11.6 Å². The van der Waals surface area contributed by atoms with Crippen LogP contribution in [-0.4, -0.2) is 17.6 Å². The van der Waals surface area contributed by atoms with Crippen molar-refractivity contribution in [3.8, 4) is 0 Å². The molecule has 1 rings (SSSR count). The molecular formula is C8H7ClFNO2. The van der Waals surface area contributed by atoms with Crippen LogP contribution in [0, 0.1) is 5.82 Å². The highest BCUT2D eigenvalue weighted by Gasteiger charge is 2.04. The predicted octanol–water partition coefficient (Wildman–Crippen LogP) is 1.41. The van der Waals surface area contributed by atoms with Crippen LogP contribution in [0.2, 0.25) is 5.02 Å². The number of benzene rings is 1. The summed E-state index contributed by atoms with van der Waals surface area (Å²) in [4.78, 5) is 10.7. The van der Waals surface area contributed by atoms with Crippen molar-refractivity contribution < 1.29 is 14.3 Å². The minimum Gasteiger partial charge on any atom is -0.387 e. The van der Waals surface area contributed by atoms with E-state index in [2.05, 4.69) is 5.32 Å². The Bertz CT molecular complexity index is 330. The number of hydrogen-bond donors (Lipinski definition) is 2. The van der Waals surface area contributed by atoms with E-state index in [-0.39, 0.29) is 10.7 Å². The van der Waals surface area contributed by atoms with Gasteiger partial charge in [0.25, 0.3) is 0 Å². The molecule has 0 radical (unpaired) electrons. The first kappa shape index (κ1) is 9.95. The Morgan fingerprint density at radius 2 is 2.31 bits per heavy atom. The van der Waals surface area contributed by atoms with Crippen LogP contribution >= 0.6 is 11.6 Å². The first-order chi connectivity index (χ1) is 6.13. The largest absolute Gasteiger partial charge is 0.387 e. The Morgan fingerprint density at radius 1 is 1.62 bits per heavy atom. The zero-order chi connectivity index (χ0) is 9.84. The molecule has 3 nitrogen and oxygen atoms in total. The Balaban J connectivity index is 2.83. The number of carbonyl (C=O) groups excluding carboxylic acids is 1. The molecular weight excluding hydrogens is 197 g/mol. The van der Waals surface area contributed by atoms with Crippen LogP contribution in [-0.2, 0) is 4.79 Å². The fraction of sp³-hybridized carbons (Fsp3) is 0.125. The second-order valence-corrected chi connectivity index (χ2v) is 2.74. The molecule has 1 amide bonds. The second-order valence-electron chi connectivity index (χ2n) is 2.33. The maximum atomic E-state index is 12.5. The van der Waals surface area contributed by atoms with Crippen molar-refractivity contribution in [2.75, 3.05) is 11.9 Å². The van der Waals surface area contributed by atoms with Gasteiger partial charge < -0.3 is 10.4 Å². The van der Waals surface area contributed by atoms with Crippen molar-refractivity contribution in [1.82, 2.24) is 0 Å². The first-order valence-corrected chi connectivity index (χ1v) is 3.87. The molecule has 0 saturated carbocycles. The number of nitrogens with one attached hydrogen (secondary N) is 1. The van der Waals surface area contributed by atoms with Crippen molar-refractivity contribution >= 4 is 23.2 Å². The average Bonchev–Trinajstić information content (AvgIpc) is 2.09. The summed E-state index contributed by atoms with van der Waals surface area (Å²) in [5.41, 5.74) is 0.280. The van der Waals surface area contributed by atoms with Gasteiger partial charge in [0.1, 0.15) is 12.4 Å². The molecule has 70 valence electrons. The molecule has 0 fully saturated rings. The Kier molecular flexibility index (Phi) is 3.22. The molecule has 0 bridgehead atoms. The molecule has 0 aliphatic heterocycles. The van der Waals surface area contributed by atoms with Crippen molar-refractivity contribution in [3.63, 3.8) is 0 Å². The van der Waals surface area contributed by atoms with E-state index in [0.29, 0.717) is 0 Å². The Hall–Kier alpha value is -1.13. The minimum atomic E-state index is -0.631. The van der Waals surface area contributed by atoms with Crippen LogP contribution in [0.1, 0.15) is 0 Å². The number of anilines is 1. The molecule has 0 spiro atoms. The smallest absolute Gasteiger partial charge is 0.250 e. The maximum absolute atomic E-state index is 12.5. The monoisotopic (exact) mass is 203 g/mol. The number of carbonyl (C=O) groups is 1. The van der Waals surface area contributed by atoms with E-state index in [4.69, 9.17) is 16.7 Å². The van der Waals surface area contributed by atoms with E-state index in [9.17, 15) is 9.18 Å². The number of halogens is 2. The maximum Gasteiger partial charge on any atom is 0.250 e. The van der Waals surface area contributed by atoms with Crippen LogP contribution in [0.25, 0.3) is 0 Å². The summed E-state index contributed by atoms with van der Waals surface area (Å²) in [6, 6.07) is 3.57. The summed E-state index contributed by atoms with van der Waals surface area (Å²) in [5.74, 6) is -1.07. The molecule has 5 heteroatoms. The lowest BCUT2D eigenvalue weighted by Gasteiger charge is -2.04. The third-order valence-corrected chi connectivity index (χ3v) is 1.66. The normalized spacial score (nSPS) is 9.77. The van der Waals surface area contributed by atoms with E-state index in [0.717, 1.165) is 6.07 Å². The summed E-state index contributed by atoms with van der Waals surface area (Å²) < 4.78 is 12.5. The highest BCUT2D eigenvalue weighted by atomic mass is 35.5. The fourth-order valence-electron chi connectivity index (χ4n) is 0.781. The zero-order valence-electron chi connectivity index (χ0n) is 6.55. The molecule has 0 saturated heterocycles. The summed E-state index contributed by atoms with van der Waals surface area (Å²) in [7, 11) is 0. The van der Waals surface area contributed by atoms with Crippen LogP contribution in [0.3, 0.4) is 0 Å². The SMILES string of the molecule is O=C(CO)Nc1ccc(F)cc1Cl. The predicted molar refractivity (Wildman–Crippen MR) is 47.1 cm³/mol. The minimum absolute atomic E-state index is 0.0989. The molecule has 1 aromatic carbocycles. The van der Waals surface area contributed by atoms with Crippen LogP contribution in [0.5, 0.6) is 0 Å². The number of hydrogen-bond acceptors (Lipinski definition) is 2. The Morgan fingerprint density at radius 3 is 2.85 bits per heavy atom. The average molecular weight is 204 g/mol. The summed E-state index contributed by atoms with van der Waals surface area (Å²) in [6.07, 6.45) is 0. The Labute approximate surface area is 79.1 Å². The van der Waals surface area contributed by atoms with Crippen molar-refractivity contribution in [3.05, 3.63) is 29.0 Å². The van der Waals surface area contributed by atoms with Crippen LogP contribution in [0.4, 0.5) is 10.1 Å². The van der Waals surface area contributed by atoms with Gasteiger partial charge in [-0.2, -0.15) is 0 Å². The molecule has 13 heavy (non-hydrogen) atoms. The molecule has 0 aliphatic rings. The first-order valence-electron chi connectivity index (χ1n) is 3.49. The van der Waals surface area contributed by atoms with Crippen LogP contribution in [0.15, 0.2) is 18.2 Å². The van der Waals surface area contributed by atoms with E-state index in [1.807, 2.05) is 0 Å². The number of aliphatic hydroxyl groups is 1. The van der Waals surface area contributed by atoms with Gasteiger partial charge in [0.05, 0.1) is 10.7 Å². The molecule has 0 aliphatic carbocycles. The second kappa shape index (κ2) is 4.20. The number of aliphatic hydroxyl groups excluding tert-OH is 1. The van der Waals surface area contributed by atoms with Gasteiger partial charge in [-0.3, -0.25) is 4.79 Å². The quantitative estimate of drug-likeness (QED) is 0.764. The van der Waals surface area contributed by atoms with Gasteiger partial charge >= 0.3 is 0 Å². The summed E-state index contributed by atoms with van der Waals surface area (Å²) in [5, 5.41) is 10.8. The molecule has 0 heterocycles. The highest BCUT2D eigenvalue weighted by Crippen LogP contribution is 2.21. The van der Waals surface area contributed by atoms with Gasteiger partial charge in [-0.05, 0) is 18.2 Å². The molecule has 0 aromatic heterocycles. The van der Waals surface area contributed by atoms with Gasteiger partial charge in [0.15, 0.2) is 0 Å². The summed E-state index contributed by atoms with van der Waals surface area (Å²) in [6.45, 7) is -0.631. The van der Waals surface area contributed by atoms with Gasteiger partial charge in [0, 0.05) is 0 Å². The van der Waals surface area contributed by atoms with Crippen molar-refractivity contribution in [2.45, 2.75) is 0 Å².